The highest BCUT2D eigenvalue weighted by Crippen LogP contribution is 2.33. The molecular formula is C12H8Cl3FN2O2S. The average Bonchev–Trinajstić information content (AvgIpc) is 2.30. The van der Waals surface area contributed by atoms with Crippen LogP contribution in [-0.4, -0.2) is 8.42 Å². The lowest BCUT2D eigenvalue weighted by molar-refractivity contribution is 0.598. The molecule has 2 aromatic rings. The number of hydrogen-bond acceptors (Lipinski definition) is 3. The van der Waals surface area contributed by atoms with Crippen LogP contribution < -0.4 is 10.5 Å². The maximum atomic E-state index is 13.7. The second kappa shape index (κ2) is 5.88. The largest absolute Gasteiger partial charge is 0.399 e. The van der Waals surface area contributed by atoms with E-state index in [0.29, 0.717) is 0 Å². The van der Waals surface area contributed by atoms with E-state index in [9.17, 15) is 12.8 Å². The zero-order valence-corrected chi connectivity index (χ0v) is 13.3. The van der Waals surface area contributed by atoms with Gasteiger partial charge in [0.1, 0.15) is 10.7 Å². The van der Waals surface area contributed by atoms with E-state index >= 15 is 0 Å². The monoisotopic (exact) mass is 368 g/mol. The van der Waals surface area contributed by atoms with Gasteiger partial charge in [-0.15, -0.1) is 0 Å². The van der Waals surface area contributed by atoms with Crippen LogP contribution in [0.3, 0.4) is 0 Å². The second-order valence-corrected chi connectivity index (χ2v) is 6.91. The Labute approximate surface area is 135 Å². The van der Waals surface area contributed by atoms with E-state index in [2.05, 4.69) is 4.72 Å². The second-order valence-electron chi connectivity index (χ2n) is 4.04. The molecule has 2 aromatic carbocycles. The normalized spacial score (nSPS) is 11.4. The van der Waals surface area contributed by atoms with Crippen LogP contribution in [0.15, 0.2) is 35.2 Å². The van der Waals surface area contributed by atoms with Crippen molar-refractivity contribution in [3.63, 3.8) is 0 Å². The Morgan fingerprint density at radius 1 is 1.05 bits per heavy atom. The van der Waals surface area contributed by atoms with Gasteiger partial charge in [0.2, 0.25) is 0 Å². The standard InChI is InChI=1S/C12H8Cl3FN2O2S/c13-6-1-2-11(10(16)3-6)18-21(19,20)12-8(14)4-7(17)5-9(12)15/h1-5,18H,17H2. The Kier molecular flexibility index (Phi) is 4.53. The van der Waals surface area contributed by atoms with E-state index < -0.39 is 15.8 Å². The van der Waals surface area contributed by atoms with Crippen LogP contribution >= 0.6 is 34.8 Å². The maximum absolute atomic E-state index is 13.7. The molecule has 0 aliphatic carbocycles. The van der Waals surface area contributed by atoms with E-state index in [4.69, 9.17) is 40.5 Å². The van der Waals surface area contributed by atoms with Crippen LogP contribution in [0, 0.1) is 5.82 Å². The van der Waals surface area contributed by atoms with Gasteiger partial charge in [-0.25, -0.2) is 12.8 Å². The van der Waals surface area contributed by atoms with Gasteiger partial charge >= 0.3 is 0 Å². The number of nitrogens with two attached hydrogens (primary N) is 1. The molecule has 0 aliphatic rings. The van der Waals surface area contributed by atoms with Crippen molar-refractivity contribution in [1.29, 1.82) is 0 Å². The molecule has 0 atom stereocenters. The quantitative estimate of drug-likeness (QED) is 0.798. The summed E-state index contributed by atoms with van der Waals surface area (Å²) in [6, 6.07) is 5.98. The van der Waals surface area contributed by atoms with Crippen molar-refractivity contribution in [2.75, 3.05) is 10.5 Å². The number of hydrogen-bond donors (Lipinski definition) is 2. The SMILES string of the molecule is Nc1cc(Cl)c(S(=O)(=O)Nc2ccc(Cl)cc2F)c(Cl)c1. The average molecular weight is 370 g/mol. The number of anilines is 2. The molecule has 0 unspecified atom stereocenters. The number of rotatable bonds is 3. The van der Waals surface area contributed by atoms with Gasteiger partial charge in [-0.3, -0.25) is 4.72 Å². The molecule has 0 heterocycles. The molecule has 0 saturated carbocycles. The van der Waals surface area contributed by atoms with Crippen molar-refractivity contribution in [1.82, 2.24) is 0 Å². The van der Waals surface area contributed by atoms with Crippen molar-refractivity contribution in [2.24, 2.45) is 0 Å². The Morgan fingerprint density at radius 3 is 2.14 bits per heavy atom. The summed E-state index contributed by atoms with van der Waals surface area (Å²) in [6.45, 7) is 0. The number of nitrogen functional groups attached to an aromatic ring is 1. The first-order chi connectivity index (χ1) is 9.70. The minimum atomic E-state index is -4.18. The van der Waals surface area contributed by atoms with Crippen molar-refractivity contribution in [3.05, 3.63) is 51.2 Å². The molecule has 0 radical (unpaired) electrons. The van der Waals surface area contributed by atoms with E-state index in [1.54, 1.807) is 0 Å². The fourth-order valence-corrected chi connectivity index (χ4v) is 4.06. The Hall–Kier alpha value is -1.21. The molecule has 9 heteroatoms. The van der Waals surface area contributed by atoms with E-state index in [-0.39, 0.29) is 31.3 Å². The highest BCUT2D eigenvalue weighted by atomic mass is 35.5. The number of benzene rings is 2. The summed E-state index contributed by atoms with van der Waals surface area (Å²) in [5, 5.41) is -0.192. The van der Waals surface area contributed by atoms with E-state index in [1.807, 2.05) is 0 Å². The van der Waals surface area contributed by atoms with Gasteiger partial charge in [0, 0.05) is 10.7 Å². The molecule has 0 amide bonds. The summed E-state index contributed by atoms with van der Waals surface area (Å²) < 4.78 is 40.3. The summed E-state index contributed by atoms with van der Waals surface area (Å²) in [5.41, 5.74) is 5.44. The molecule has 2 rings (SSSR count). The highest BCUT2D eigenvalue weighted by Gasteiger charge is 2.23. The van der Waals surface area contributed by atoms with Gasteiger partial charge in [0.05, 0.1) is 15.7 Å². The number of halogens is 4. The summed E-state index contributed by atoms with van der Waals surface area (Å²) in [4.78, 5) is -0.380. The highest BCUT2D eigenvalue weighted by molar-refractivity contribution is 7.93. The molecule has 21 heavy (non-hydrogen) atoms. The molecular weight excluding hydrogens is 362 g/mol. The van der Waals surface area contributed by atoms with Gasteiger partial charge in [-0.05, 0) is 30.3 Å². The molecule has 0 aromatic heterocycles. The fourth-order valence-electron chi connectivity index (χ4n) is 1.60. The van der Waals surface area contributed by atoms with E-state index in [0.717, 1.165) is 6.07 Å². The molecule has 4 nitrogen and oxygen atoms in total. The first-order valence-corrected chi connectivity index (χ1v) is 8.05. The lowest BCUT2D eigenvalue weighted by atomic mass is 10.3. The van der Waals surface area contributed by atoms with Crippen molar-refractivity contribution in [2.45, 2.75) is 4.90 Å². The topological polar surface area (TPSA) is 72.2 Å². The summed E-state index contributed by atoms with van der Waals surface area (Å²) in [5.74, 6) is -0.825. The number of nitrogens with one attached hydrogen (secondary N) is 1. The summed E-state index contributed by atoms with van der Waals surface area (Å²) in [7, 11) is -4.18. The van der Waals surface area contributed by atoms with Gasteiger partial charge in [0.15, 0.2) is 0 Å². The molecule has 112 valence electrons. The minimum Gasteiger partial charge on any atom is -0.399 e. The zero-order chi connectivity index (χ0) is 15.8. The smallest absolute Gasteiger partial charge is 0.264 e. The van der Waals surface area contributed by atoms with Gasteiger partial charge < -0.3 is 5.73 Å². The van der Waals surface area contributed by atoms with Crippen molar-refractivity contribution >= 4 is 56.2 Å². The van der Waals surface area contributed by atoms with Crippen molar-refractivity contribution in [3.8, 4) is 0 Å². The van der Waals surface area contributed by atoms with Gasteiger partial charge in [0.25, 0.3) is 10.0 Å². The van der Waals surface area contributed by atoms with Crippen LogP contribution in [0.4, 0.5) is 15.8 Å². The van der Waals surface area contributed by atoms with Crippen LogP contribution in [0.1, 0.15) is 0 Å². The minimum absolute atomic E-state index is 0.138. The van der Waals surface area contributed by atoms with Crippen molar-refractivity contribution < 1.29 is 12.8 Å². The summed E-state index contributed by atoms with van der Waals surface area (Å²) >= 11 is 17.3. The fraction of sp³-hybridized carbons (Fsp3) is 0. The van der Waals surface area contributed by atoms with Gasteiger partial charge in [-0.2, -0.15) is 0 Å². The van der Waals surface area contributed by atoms with Crippen LogP contribution in [0.25, 0.3) is 0 Å². The first kappa shape index (κ1) is 16.2. The lowest BCUT2D eigenvalue weighted by Gasteiger charge is -2.12. The molecule has 3 N–H and O–H groups in total. The Bertz CT molecular complexity index is 789. The molecule has 0 bridgehead atoms. The molecule has 0 fully saturated rings. The number of sulfonamides is 1. The third-order valence-corrected chi connectivity index (χ3v) is 4.99. The van der Waals surface area contributed by atoms with E-state index in [1.165, 1.54) is 24.3 Å². The summed E-state index contributed by atoms with van der Waals surface area (Å²) in [6.07, 6.45) is 0. The third-order valence-electron chi connectivity index (χ3n) is 2.46. The van der Waals surface area contributed by atoms with Crippen LogP contribution in [-0.2, 0) is 10.0 Å². The molecule has 0 saturated heterocycles. The Balaban J connectivity index is 2.48. The zero-order valence-electron chi connectivity index (χ0n) is 10.2. The molecule has 0 aliphatic heterocycles. The predicted molar refractivity (Wildman–Crippen MR) is 83.1 cm³/mol. The lowest BCUT2D eigenvalue weighted by Crippen LogP contribution is -2.15. The first-order valence-electron chi connectivity index (χ1n) is 5.43. The van der Waals surface area contributed by atoms with Gasteiger partial charge in [-0.1, -0.05) is 34.8 Å². The molecule has 0 spiro atoms. The Morgan fingerprint density at radius 2 is 1.62 bits per heavy atom. The third kappa shape index (κ3) is 3.52. The van der Waals surface area contributed by atoms with Crippen LogP contribution in [0.5, 0.6) is 0 Å². The maximum Gasteiger partial charge on any atom is 0.264 e. The van der Waals surface area contributed by atoms with Crippen LogP contribution in [0.2, 0.25) is 15.1 Å². The predicted octanol–water partition coefficient (Wildman–Crippen LogP) is 4.17.